The van der Waals surface area contributed by atoms with E-state index >= 15 is 0 Å². The van der Waals surface area contributed by atoms with E-state index in [0.717, 1.165) is 36.7 Å². The van der Waals surface area contributed by atoms with Gasteiger partial charge in [0.1, 0.15) is 0 Å². The SMILES string of the molecule is CCN1Cc2ccc(Nc3ccc(N4CCC(C(F)(F)F)CC4)cc3)cc2C1. The van der Waals surface area contributed by atoms with Crippen molar-refractivity contribution in [1.82, 2.24) is 4.90 Å². The highest BCUT2D eigenvalue weighted by Crippen LogP contribution is 2.35. The fourth-order valence-corrected chi connectivity index (χ4v) is 4.15. The third-order valence-corrected chi connectivity index (χ3v) is 5.92. The van der Waals surface area contributed by atoms with Crippen molar-refractivity contribution >= 4 is 17.1 Å². The molecule has 1 fully saturated rings. The molecule has 0 atom stereocenters. The number of nitrogens with one attached hydrogen (secondary N) is 1. The number of nitrogens with zero attached hydrogens (tertiary/aromatic N) is 2. The summed E-state index contributed by atoms with van der Waals surface area (Å²) in [5, 5.41) is 3.44. The molecule has 3 nitrogen and oxygen atoms in total. The number of halogens is 3. The first kappa shape index (κ1) is 19.1. The molecule has 0 saturated carbocycles. The Morgan fingerprint density at radius 1 is 0.929 bits per heavy atom. The number of benzene rings is 2. The quantitative estimate of drug-likeness (QED) is 0.740. The molecule has 28 heavy (non-hydrogen) atoms. The number of hydrogen-bond donors (Lipinski definition) is 1. The van der Waals surface area contributed by atoms with Crippen LogP contribution in [0.3, 0.4) is 0 Å². The number of rotatable bonds is 4. The van der Waals surface area contributed by atoms with E-state index in [0.29, 0.717) is 13.1 Å². The van der Waals surface area contributed by atoms with E-state index in [1.165, 1.54) is 11.1 Å². The summed E-state index contributed by atoms with van der Waals surface area (Å²) in [6.45, 7) is 6.16. The van der Waals surface area contributed by atoms with Crippen LogP contribution in [-0.4, -0.2) is 30.7 Å². The zero-order valence-electron chi connectivity index (χ0n) is 16.1. The molecule has 2 heterocycles. The van der Waals surface area contributed by atoms with Gasteiger partial charge in [0.2, 0.25) is 0 Å². The largest absolute Gasteiger partial charge is 0.391 e. The van der Waals surface area contributed by atoms with Gasteiger partial charge in [0.05, 0.1) is 5.92 Å². The van der Waals surface area contributed by atoms with Gasteiger partial charge in [-0.15, -0.1) is 0 Å². The van der Waals surface area contributed by atoms with Crippen molar-refractivity contribution < 1.29 is 13.2 Å². The second kappa shape index (κ2) is 7.66. The van der Waals surface area contributed by atoms with Crippen LogP contribution in [0.5, 0.6) is 0 Å². The number of fused-ring (bicyclic) bond motifs is 1. The minimum absolute atomic E-state index is 0.174. The molecule has 0 amide bonds. The monoisotopic (exact) mass is 389 g/mol. The topological polar surface area (TPSA) is 18.5 Å². The number of hydrogen-bond acceptors (Lipinski definition) is 3. The first-order chi connectivity index (χ1) is 13.4. The highest BCUT2D eigenvalue weighted by atomic mass is 19.4. The zero-order chi connectivity index (χ0) is 19.7. The average molecular weight is 389 g/mol. The van der Waals surface area contributed by atoms with Crippen molar-refractivity contribution in [2.45, 2.75) is 39.0 Å². The predicted molar refractivity (Wildman–Crippen MR) is 107 cm³/mol. The van der Waals surface area contributed by atoms with E-state index in [1.807, 2.05) is 29.2 Å². The Hall–Kier alpha value is -2.21. The Morgan fingerprint density at radius 2 is 1.57 bits per heavy atom. The fraction of sp³-hybridized carbons (Fsp3) is 0.455. The van der Waals surface area contributed by atoms with Crippen LogP contribution in [0.15, 0.2) is 42.5 Å². The molecule has 0 spiro atoms. The highest BCUT2D eigenvalue weighted by molar-refractivity contribution is 5.64. The van der Waals surface area contributed by atoms with Crippen LogP contribution >= 0.6 is 0 Å². The van der Waals surface area contributed by atoms with Gasteiger partial charge in [-0.25, -0.2) is 0 Å². The van der Waals surface area contributed by atoms with Crippen LogP contribution in [0.25, 0.3) is 0 Å². The van der Waals surface area contributed by atoms with Crippen LogP contribution < -0.4 is 10.2 Å². The first-order valence-corrected chi connectivity index (χ1v) is 9.95. The van der Waals surface area contributed by atoms with E-state index in [4.69, 9.17) is 0 Å². The van der Waals surface area contributed by atoms with Crippen LogP contribution in [0, 0.1) is 5.92 Å². The summed E-state index contributed by atoms with van der Waals surface area (Å²) in [6.07, 6.45) is -3.72. The summed E-state index contributed by atoms with van der Waals surface area (Å²) in [7, 11) is 0. The Labute approximate surface area is 164 Å². The van der Waals surface area contributed by atoms with Gasteiger partial charge in [0.25, 0.3) is 0 Å². The van der Waals surface area contributed by atoms with Crippen LogP contribution in [0.1, 0.15) is 30.9 Å². The lowest BCUT2D eigenvalue weighted by molar-refractivity contribution is -0.179. The molecule has 4 rings (SSSR count). The Bertz CT molecular complexity index is 809. The molecule has 2 aromatic rings. The standard InChI is InChI=1S/C22H26F3N3/c1-2-27-14-16-3-4-20(13-17(16)15-27)26-19-5-7-21(8-6-19)28-11-9-18(10-12-28)22(23,24)25/h3-8,13,18,26H,2,9-12,14-15H2,1H3. The van der Waals surface area contributed by atoms with Gasteiger partial charge >= 0.3 is 6.18 Å². The highest BCUT2D eigenvalue weighted by Gasteiger charge is 2.41. The van der Waals surface area contributed by atoms with Gasteiger partial charge in [-0.2, -0.15) is 13.2 Å². The number of anilines is 3. The second-order valence-corrected chi connectivity index (χ2v) is 7.76. The van der Waals surface area contributed by atoms with Crippen molar-refractivity contribution in [3.8, 4) is 0 Å². The number of alkyl halides is 3. The van der Waals surface area contributed by atoms with Gasteiger partial charge in [-0.3, -0.25) is 4.90 Å². The van der Waals surface area contributed by atoms with E-state index in [2.05, 4.69) is 35.3 Å². The zero-order valence-corrected chi connectivity index (χ0v) is 16.1. The molecule has 0 bridgehead atoms. The summed E-state index contributed by atoms with van der Waals surface area (Å²) in [5.41, 5.74) is 5.80. The average Bonchev–Trinajstić information content (AvgIpc) is 3.10. The van der Waals surface area contributed by atoms with Crippen molar-refractivity contribution in [2.75, 3.05) is 29.9 Å². The lowest BCUT2D eigenvalue weighted by Gasteiger charge is -2.34. The molecule has 0 radical (unpaired) electrons. The molecule has 6 heteroatoms. The van der Waals surface area contributed by atoms with Gasteiger partial charge in [-0.05, 0) is 66.9 Å². The van der Waals surface area contributed by atoms with Crippen LogP contribution in [0.2, 0.25) is 0 Å². The predicted octanol–water partition coefficient (Wildman–Crippen LogP) is 5.54. The fourth-order valence-electron chi connectivity index (χ4n) is 4.15. The molecule has 0 aliphatic carbocycles. The molecular formula is C22H26F3N3. The minimum atomic E-state index is -4.07. The maximum atomic E-state index is 12.8. The van der Waals surface area contributed by atoms with Crippen LogP contribution in [0.4, 0.5) is 30.2 Å². The lowest BCUT2D eigenvalue weighted by Crippen LogP contribution is -2.38. The van der Waals surface area contributed by atoms with Gasteiger partial charge in [0.15, 0.2) is 0 Å². The van der Waals surface area contributed by atoms with Gasteiger partial charge in [-0.1, -0.05) is 13.0 Å². The van der Waals surface area contributed by atoms with E-state index < -0.39 is 12.1 Å². The Balaban J connectivity index is 1.37. The summed E-state index contributed by atoms with van der Waals surface area (Å²) >= 11 is 0. The Kier molecular flexibility index (Phi) is 5.23. The van der Waals surface area contributed by atoms with Crippen molar-refractivity contribution in [2.24, 2.45) is 5.92 Å². The molecule has 1 saturated heterocycles. The summed E-state index contributed by atoms with van der Waals surface area (Å²) in [4.78, 5) is 4.45. The van der Waals surface area contributed by atoms with Gasteiger partial charge in [0, 0.05) is 43.2 Å². The normalized spacial score (nSPS) is 18.4. The minimum Gasteiger partial charge on any atom is -0.372 e. The maximum absolute atomic E-state index is 12.8. The van der Waals surface area contributed by atoms with Crippen molar-refractivity contribution in [3.63, 3.8) is 0 Å². The molecule has 0 aromatic heterocycles. The second-order valence-electron chi connectivity index (χ2n) is 7.76. The van der Waals surface area contributed by atoms with Gasteiger partial charge < -0.3 is 10.2 Å². The third-order valence-electron chi connectivity index (χ3n) is 5.92. The molecule has 2 aliphatic heterocycles. The van der Waals surface area contributed by atoms with Crippen molar-refractivity contribution in [3.05, 3.63) is 53.6 Å². The summed E-state index contributed by atoms with van der Waals surface area (Å²) in [6, 6.07) is 14.5. The van der Waals surface area contributed by atoms with Crippen LogP contribution in [-0.2, 0) is 13.1 Å². The summed E-state index contributed by atoms with van der Waals surface area (Å²) < 4.78 is 38.5. The van der Waals surface area contributed by atoms with Crippen molar-refractivity contribution in [1.29, 1.82) is 0 Å². The molecule has 0 unspecified atom stereocenters. The third kappa shape index (κ3) is 4.12. The number of piperidine rings is 1. The van der Waals surface area contributed by atoms with E-state index in [-0.39, 0.29) is 12.8 Å². The first-order valence-electron chi connectivity index (χ1n) is 9.95. The molecule has 150 valence electrons. The smallest absolute Gasteiger partial charge is 0.372 e. The maximum Gasteiger partial charge on any atom is 0.391 e. The van der Waals surface area contributed by atoms with E-state index in [9.17, 15) is 13.2 Å². The molecular weight excluding hydrogens is 363 g/mol. The molecule has 1 N–H and O–H groups in total. The van der Waals surface area contributed by atoms with E-state index in [1.54, 1.807) is 0 Å². The lowest BCUT2D eigenvalue weighted by atomic mass is 9.96. The summed E-state index contributed by atoms with van der Waals surface area (Å²) in [5.74, 6) is -1.16. The molecule has 2 aromatic carbocycles. The Morgan fingerprint density at radius 3 is 2.21 bits per heavy atom. The molecule has 2 aliphatic rings.